The fourth-order valence-corrected chi connectivity index (χ4v) is 3.94. The van der Waals surface area contributed by atoms with Gasteiger partial charge in [-0.3, -0.25) is 19.2 Å². The molecule has 0 amide bonds. The van der Waals surface area contributed by atoms with E-state index >= 15 is 0 Å². The molecule has 8 nitrogen and oxygen atoms in total. The van der Waals surface area contributed by atoms with E-state index in [1.54, 1.807) is 18.2 Å². The standard InChI is InChI=1S/C24H14O8/c25-9-13-5-17(6-14(10-26)21(13)29)24(20-4-2-1-3-19(20)23(31)32-24)18-7-15(11-27)22(30)16(8-18)12-28/h1-12,29-30H. The molecular formula is C24H14O8. The molecule has 1 aliphatic heterocycles. The van der Waals surface area contributed by atoms with Crippen LogP contribution in [0.25, 0.3) is 0 Å². The quantitative estimate of drug-likeness (QED) is 0.450. The summed E-state index contributed by atoms with van der Waals surface area (Å²) < 4.78 is 5.80. The molecule has 8 heteroatoms. The number of benzene rings is 3. The Labute approximate surface area is 180 Å². The van der Waals surface area contributed by atoms with Gasteiger partial charge in [0.1, 0.15) is 11.5 Å². The molecule has 0 aromatic heterocycles. The summed E-state index contributed by atoms with van der Waals surface area (Å²) in [6, 6.07) is 11.4. The first-order valence-electron chi connectivity index (χ1n) is 9.29. The second-order valence-corrected chi connectivity index (χ2v) is 7.09. The fraction of sp³-hybridized carbons (Fsp3) is 0.0417. The van der Waals surface area contributed by atoms with Crippen LogP contribution in [-0.4, -0.2) is 41.3 Å². The summed E-state index contributed by atoms with van der Waals surface area (Å²) in [4.78, 5) is 59.0. The summed E-state index contributed by atoms with van der Waals surface area (Å²) in [6.07, 6.45) is 1.36. The minimum atomic E-state index is -1.78. The Balaban J connectivity index is 2.17. The smallest absolute Gasteiger partial charge is 0.340 e. The van der Waals surface area contributed by atoms with Crippen molar-refractivity contribution in [3.8, 4) is 11.5 Å². The minimum absolute atomic E-state index is 0.122. The molecule has 32 heavy (non-hydrogen) atoms. The van der Waals surface area contributed by atoms with Crippen molar-refractivity contribution in [3.63, 3.8) is 0 Å². The van der Waals surface area contributed by atoms with Gasteiger partial charge < -0.3 is 14.9 Å². The van der Waals surface area contributed by atoms with E-state index in [9.17, 15) is 34.2 Å². The van der Waals surface area contributed by atoms with E-state index < -0.39 is 23.1 Å². The fourth-order valence-electron chi connectivity index (χ4n) is 3.94. The molecule has 0 radical (unpaired) electrons. The van der Waals surface area contributed by atoms with Crippen LogP contribution in [0, 0.1) is 0 Å². The Kier molecular flexibility index (Phi) is 4.90. The number of phenols is 2. The van der Waals surface area contributed by atoms with Gasteiger partial charge in [-0.2, -0.15) is 0 Å². The van der Waals surface area contributed by atoms with Crippen molar-refractivity contribution in [2.45, 2.75) is 5.60 Å². The van der Waals surface area contributed by atoms with Crippen molar-refractivity contribution >= 4 is 31.1 Å². The summed E-state index contributed by atoms with van der Waals surface area (Å²) in [5.74, 6) is -1.80. The molecule has 0 fully saturated rings. The number of hydrogen-bond acceptors (Lipinski definition) is 8. The average molecular weight is 430 g/mol. The third-order valence-corrected chi connectivity index (χ3v) is 5.43. The second-order valence-electron chi connectivity index (χ2n) is 7.09. The molecule has 4 rings (SSSR count). The number of cyclic esters (lactones) is 1. The number of hydrogen-bond donors (Lipinski definition) is 2. The molecule has 0 aliphatic carbocycles. The SMILES string of the molecule is O=Cc1cc(C2(c3cc(C=O)c(O)c(C=O)c3)OC(=O)c3ccccc32)cc(C=O)c1O. The molecule has 1 heterocycles. The molecule has 0 saturated heterocycles. The van der Waals surface area contributed by atoms with Gasteiger partial charge in [-0.1, -0.05) is 18.2 Å². The molecule has 0 bridgehead atoms. The Bertz CT molecular complexity index is 1190. The number of aldehydes is 4. The average Bonchev–Trinajstić information content (AvgIpc) is 3.13. The van der Waals surface area contributed by atoms with Crippen LogP contribution in [0.3, 0.4) is 0 Å². The van der Waals surface area contributed by atoms with Crippen LogP contribution in [0.5, 0.6) is 11.5 Å². The van der Waals surface area contributed by atoms with E-state index in [0.29, 0.717) is 30.7 Å². The lowest BCUT2D eigenvalue weighted by Gasteiger charge is -2.31. The van der Waals surface area contributed by atoms with E-state index in [0.717, 1.165) is 0 Å². The highest BCUT2D eigenvalue weighted by Gasteiger charge is 2.49. The van der Waals surface area contributed by atoms with Crippen molar-refractivity contribution in [2.75, 3.05) is 0 Å². The third kappa shape index (κ3) is 2.81. The third-order valence-electron chi connectivity index (χ3n) is 5.43. The van der Waals surface area contributed by atoms with Gasteiger partial charge in [-0.15, -0.1) is 0 Å². The predicted octanol–water partition coefficient (Wildman–Crippen LogP) is 2.81. The number of aromatic hydroxyl groups is 2. The van der Waals surface area contributed by atoms with E-state index in [-0.39, 0.29) is 38.9 Å². The van der Waals surface area contributed by atoms with E-state index in [4.69, 9.17) is 4.74 Å². The van der Waals surface area contributed by atoms with Crippen molar-refractivity contribution in [3.05, 3.63) is 93.0 Å². The summed E-state index contributed by atoms with van der Waals surface area (Å²) in [6.45, 7) is 0. The van der Waals surface area contributed by atoms with Gasteiger partial charge in [0.2, 0.25) is 0 Å². The molecule has 158 valence electrons. The van der Waals surface area contributed by atoms with E-state index in [1.807, 2.05) is 0 Å². The highest BCUT2D eigenvalue weighted by Crippen LogP contribution is 2.49. The Morgan fingerprint density at radius 1 is 0.688 bits per heavy atom. The van der Waals surface area contributed by atoms with Crippen molar-refractivity contribution in [1.82, 2.24) is 0 Å². The highest BCUT2D eigenvalue weighted by atomic mass is 16.6. The van der Waals surface area contributed by atoms with Crippen LogP contribution in [0.15, 0.2) is 48.5 Å². The second kappa shape index (κ2) is 7.59. The number of rotatable bonds is 6. The first kappa shape index (κ1) is 20.7. The van der Waals surface area contributed by atoms with Crippen LogP contribution in [0.2, 0.25) is 0 Å². The Hall–Kier alpha value is -4.59. The first-order chi connectivity index (χ1) is 15.4. The minimum Gasteiger partial charge on any atom is -0.506 e. The van der Waals surface area contributed by atoms with Gasteiger partial charge in [0.25, 0.3) is 0 Å². The van der Waals surface area contributed by atoms with Crippen LogP contribution in [-0.2, 0) is 10.3 Å². The summed E-state index contributed by atoms with van der Waals surface area (Å²) in [7, 11) is 0. The number of carbonyl (C=O) groups excluding carboxylic acids is 5. The van der Waals surface area contributed by atoms with E-state index in [2.05, 4.69) is 0 Å². The summed E-state index contributed by atoms with van der Waals surface area (Å²) in [5.41, 5.74) is -1.93. The molecule has 1 aliphatic rings. The van der Waals surface area contributed by atoms with Crippen LogP contribution < -0.4 is 0 Å². The largest absolute Gasteiger partial charge is 0.506 e. The van der Waals surface area contributed by atoms with Gasteiger partial charge in [-0.25, -0.2) is 4.79 Å². The van der Waals surface area contributed by atoms with Crippen LogP contribution in [0.1, 0.15) is 68.5 Å². The highest BCUT2D eigenvalue weighted by molar-refractivity contribution is 5.98. The molecule has 3 aromatic rings. The molecule has 0 atom stereocenters. The summed E-state index contributed by atoms with van der Waals surface area (Å²) in [5, 5.41) is 20.3. The maximum Gasteiger partial charge on any atom is 0.340 e. The lowest BCUT2D eigenvalue weighted by Crippen LogP contribution is -2.30. The zero-order chi connectivity index (χ0) is 23.0. The summed E-state index contributed by atoms with van der Waals surface area (Å²) >= 11 is 0. The van der Waals surface area contributed by atoms with Gasteiger partial charge in [0.05, 0.1) is 27.8 Å². The number of carbonyl (C=O) groups is 5. The van der Waals surface area contributed by atoms with Crippen LogP contribution >= 0.6 is 0 Å². The zero-order valence-corrected chi connectivity index (χ0v) is 16.3. The van der Waals surface area contributed by atoms with Crippen molar-refractivity contribution in [1.29, 1.82) is 0 Å². The van der Waals surface area contributed by atoms with Gasteiger partial charge in [-0.05, 0) is 30.3 Å². The Morgan fingerprint density at radius 2 is 1.09 bits per heavy atom. The molecular weight excluding hydrogens is 416 g/mol. The normalized spacial score (nSPS) is 13.7. The van der Waals surface area contributed by atoms with Gasteiger partial charge in [0, 0.05) is 16.7 Å². The maximum absolute atomic E-state index is 12.8. The Morgan fingerprint density at radius 3 is 1.50 bits per heavy atom. The first-order valence-corrected chi connectivity index (χ1v) is 9.29. The molecule has 0 saturated carbocycles. The number of fused-ring (bicyclic) bond motifs is 1. The molecule has 2 N–H and O–H groups in total. The van der Waals surface area contributed by atoms with E-state index in [1.165, 1.54) is 30.3 Å². The van der Waals surface area contributed by atoms with Crippen LogP contribution in [0.4, 0.5) is 0 Å². The maximum atomic E-state index is 12.8. The lowest BCUT2D eigenvalue weighted by molar-refractivity contribution is 0.0251. The monoisotopic (exact) mass is 430 g/mol. The predicted molar refractivity (Wildman–Crippen MR) is 110 cm³/mol. The topological polar surface area (TPSA) is 135 Å². The zero-order valence-electron chi connectivity index (χ0n) is 16.3. The molecule has 3 aromatic carbocycles. The number of phenolic OH excluding ortho intramolecular Hbond substituents is 2. The van der Waals surface area contributed by atoms with Crippen molar-refractivity contribution < 1.29 is 38.9 Å². The molecule has 0 spiro atoms. The van der Waals surface area contributed by atoms with Gasteiger partial charge in [0.15, 0.2) is 30.7 Å². The molecule has 0 unspecified atom stereocenters. The number of ether oxygens (including phenoxy) is 1. The number of esters is 1. The lowest BCUT2D eigenvalue weighted by atomic mass is 9.78. The van der Waals surface area contributed by atoms with Gasteiger partial charge >= 0.3 is 5.97 Å². The van der Waals surface area contributed by atoms with Crippen molar-refractivity contribution in [2.24, 2.45) is 0 Å².